The minimum atomic E-state index is -1.02. The molecule has 3 rings (SSSR count). The second-order valence-electron chi connectivity index (χ2n) is 6.41. The summed E-state index contributed by atoms with van der Waals surface area (Å²) in [6.45, 7) is 0. The van der Waals surface area contributed by atoms with Crippen molar-refractivity contribution in [2.24, 2.45) is 0 Å². The molecule has 0 aliphatic carbocycles. The van der Waals surface area contributed by atoms with Crippen LogP contribution < -0.4 is 5.32 Å². The van der Waals surface area contributed by atoms with Gasteiger partial charge in [-0.3, -0.25) is 4.79 Å². The summed E-state index contributed by atoms with van der Waals surface area (Å²) in [5.74, 6) is -3.06. The molecular formula is C22H19F2NO3. The number of halogens is 2. The number of benzene rings is 3. The Bertz CT molecular complexity index is 1010. The third kappa shape index (κ3) is 4.52. The summed E-state index contributed by atoms with van der Waals surface area (Å²) in [7, 11) is 1.25. The van der Waals surface area contributed by atoms with Gasteiger partial charge in [-0.1, -0.05) is 48.5 Å². The quantitative estimate of drug-likeness (QED) is 0.662. The zero-order valence-corrected chi connectivity index (χ0v) is 15.2. The Morgan fingerprint density at radius 3 is 2.50 bits per heavy atom. The molecular weight excluding hydrogens is 364 g/mol. The van der Waals surface area contributed by atoms with Crippen molar-refractivity contribution in [3.63, 3.8) is 0 Å². The minimum absolute atomic E-state index is 0.180. The Balaban J connectivity index is 1.77. The summed E-state index contributed by atoms with van der Waals surface area (Å²) >= 11 is 0. The van der Waals surface area contributed by atoms with E-state index in [4.69, 9.17) is 4.74 Å². The maximum Gasteiger partial charge on any atom is 0.328 e. The van der Waals surface area contributed by atoms with E-state index in [1.54, 1.807) is 0 Å². The molecule has 0 saturated carbocycles. The Labute approximate surface area is 161 Å². The van der Waals surface area contributed by atoms with Crippen LogP contribution in [0.1, 0.15) is 11.1 Å². The number of carbonyl (C=O) groups is 2. The lowest BCUT2D eigenvalue weighted by Gasteiger charge is -2.18. The molecule has 1 N–H and O–H groups in total. The predicted molar refractivity (Wildman–Crippen MR) is 102 cm³/mol. The maximum absolute atomic E-state index is 13.3. The van der Waals surface area contributed by atoms with Gasteiger partial charge in [0.25, 0.3) is 0 Å². The highest BCUT2D eigenvalue weighted by Crippen LogP contribution is 2.20. The van der Waals surface area contributed by atoms with Crippen LogP contribution in [-0.2, 0) is 27.2 Å². The first-order valence-electron chi connectivity index (χ1n) is 8.75. The molecule has 3 aromatic carbocycles. The van der Waals surface area contributed by atoms with E-state index in [2.05, 4.69) is 5.32 Å². The van der Waals surface area contributed by atoms with E-state index in [0.29, 0.717) is 5.56 Å². The molecule has 0 saturated heterocycles. The van der Waals surface area contributed by atoms with Crippen LogP contribution in [0.25, 0.3) is 10.8 Å². The maximum atomic E-state index is 13.3. The van der Waals surface area contributed by atoms with Crippen molar-refractivity contribution in [2.75, 3.05) is 7.11 Å². The molecule has 0 aromatic heterocycles. The van der Waals surface area contributed by atoms with E-state index in [1.165, 1.54) is 13.2 Å². The molecule has 3 aromatic rings. The van der Waals surface area contributed by atoms with E-state index < -0.39 is 29.6 Å². The summed E-state index contributed by atoms with van der Waals surface area (Å²) in [6, 6.07) is 15.8. The van der Waals surface area contributed by atoms with Crippen LogP contribution in [0.2, 0.25) is 0 Å². The van der Waals surface area contributed by atoms with Crippen molar-refractivity contribution in [2.45, 2.75) is 18.9 Å². The second kappa shape index (κ2) is 8.61. The Morgan fingerprint density at radius 1 is 1.00 bits per heavy atom. The van der Waals surface area contributed by atoms with Crippen molar-refractivity contribution in [3.8, 4) is 0 Å². The van der Waals surface area contributed by atoms with Crippen LogP contribution in [0, 0.1) is 11.6 Å². The van der Waals surface area contributed by atoms with Gasteiger partial charge in [0.05, 0.1) is 13.5 Å². The largest absolute Gasteiger partial charge is 0.467 e. The van der Waals surface area contributed by atoms with Crippen LogP contribution in [0.5, 0.6) is 0 Å². The number of fused-ring (bicyclic) bond motifs is 1. The molecule has 0 unspecified atom stereocenters. The molecule has 1 amide bonds. The molecule has 0 spiro atoms. The van der Waals surface area contributed by atoms with Crippen molar-refractivity contribution in [1.82, 2.24) is 5.32 Å². The average Bonchev–Trinajstić information content (AvgIpc) is 2.70. The van der Waals surface area contributed by atoms with Crippen LogP contribution in [0.3, 0.4) is 0 Å². The monoisotopic (exact) mass is 383 g/mol. The third-order valence-corrected chi connectivity index (χ3v) is 4.47. The summed E-state index contributed by atoms with van der Waals surface area (Å²) in [5, 5.41) is 4.64. The molecule has 0 aliphatic heterocycles. The number of hydrogen-bond donors (Lipinski definition) is 1. The Hall–Kier alpha value is -3.28. The topological polar surface area (TPSA) is 55.4 Å². The molecule has 0 radical (unpaired) electrons. The predicted octanol–water partition coefficient (Wildman–Crippen LogP) is 3.56. The summed E-state index contributed by atoms with van der Waals surface area (Å²) in [6.07, 6.45) is 0.0672. The molecule has 4 nitrogen and oxygen atoms in total. The van der Waals surface area contributed by atoms with E-state index in [0.717, 1.165) is 28.5 Å². The van der Waals surface area contributed by atoms with E-state index in [1.807, 2.05) is 42.5 Å². The minimum Gasteiger partial charge on any atom is -0.467 e. The number of nitrogens with one attached hydrogen (secondary N) is 1. The van der Waals surface area contributed by atoms with Gasteiger partial charge in [0.15, 0.2) is 11.6 Å². The molecule has 0 aliphatic rings. The molecule has 0 heterocycles. The normalized spacial score (nSPS) is 11.8. The van der Waals surface area contributed by atoms with Gasteiger partial charge in [-0.2, -0.15) is 0 Å². The van der Waals surface area contributed by atoms with Gasteiger partial charge in [-0.05, 0) is 34.0 Å². The molecule has 0 bridgehead atoms. The lowest BCUT2D eigenvalue weighted by molar-refractivity contribution is -0.145. The zero-order chi connectivity index (χ0) is 20.1. The molecule has 1 atom stereocenters. The van der Waals surface area contributed by atoms with Crippen LogP contribution >= 0.6 is 0 Å². The number of ether oxygens (including phenoxy) is 1. The standard InChI is InChI=1S/C22H19F2NO3/c1-28-22(27)20(13-16-7-4-6-15-5-2-3-8-17(15)16)25-21(26)12-14-9-10-18(23)19(24)11-14/h2-11,20H,12-13H2,1H3,(H,25,26)/t20-/m0/s1. The van der Waals surface area contributed by atoms with Crippen molar-refractivity contribution in [1.29, 1.82) is 0 Å². The average molecular weight is 383 g/mol. The lowest BCUT2D eigenvalue weighted by atomic mass is 9.98. The number of carbonyl (C=O) groups excluding carboxylic acids is 2. The Morgan fingerprint density at radius 2 is 1.75 bits per heavy atom. The second-order valence-corrected chi connectivity index (χ2v) is 6.41. The number of methoxy groups -OCH3 is 1. The SMILES string of the molecule is COC(=O)[C@H](Cc1cccc2ccccc12)NC(=O)Cc1ccc(F)c(F)c1. The van der Waals surface area contributed by atoms with Gasteiger partial charge in [0, 0.05) is 6.42 Å². The number of hydrogen-bond acceptors (Lipinski definition) is 3. The highest BCUT2D eigenvalue weighted by atomic mass is 19.2. The van der Waals surface area contributed by atoms with Gasteiger partial charge < -0.3 is 10.1 Å². The molecule has 6 heteroatoms. The van der Waals surface area contributed by atoms with Crippen LogP contribution in [-0.4, -0.2) is 25.0 Å². The summed E-state index contributed by atoms with van der Waals surface area (Å²) in [4.78, 5) is 24.6. The van der Waals surface area contributed by atoms with Crippen LogP contribution in [0.4, 0.5) is 8.78 Å². The van der Waals surface area contributed by atoms with Crippen LogP contribution in [0.15, 0.2) is 60.7 Å². The Kier molecular flexibility index (Phi) is 5.99. The van der Waals surface area contributed by atoms with Crippen molar-refractivity contribution in [3.05, 3.63) is 83.4 Å². The van der Waals surface area contributed by atoms with E-state index in [9.17, 15) is 18.4 Å². The third-order valence-electron chi connectivity index (χ3n) is 4.47. The van der Waals surface area contributed by atoms with Gasteiger partial charge in [0.1, 0.15) is 6.04 Å². The van der Waals surface area contributed by atoms with Crippen molar-refractivity contribution < 1.29 is 23.1 Å². The fraction of sp³-hybridized carbons (Fsp3) is 0.182. The highest BCUT2D eigenvalue weighted by molar-refractivity contribution is 5.88. The van der Waals surface area contributed by atoms with Gasteiger partial charge in [-0.25, -0.2) is 13.6 Å². The number of esters is 1. The fourth-order valence-electron chi connectivity index (χ4n) is 3.11. The summed E-state index contributed by atoms with van der Waals surface area (Å²) in [5.41, 5.74) is 1.20. The first-order valence-corrected chi connectivity index (χ1v) is 8.75. The number of rotatable bonds is 6. The van der Waals surface area contributed by atoms with Gasteiger partial charge >= 0.3 is 5.97 Å². The first kappa shape index (κ1) is 19.5. The zero-order valence-electron chi connectivity index (χ0n) is 15.2. The highest BCUT2D eigenvalue weighted by Gasteiger charge is 2.23. The first-order chi connectivity index (χ1) is 13.5. The number of amides is 1. The van der Waals surface area contributed by atoms with E-state index >= 15 is 0 Å². The van der Waals surface area contributed by atoms with E-state index in [-0.39, 0.29) is 12.8 Å². The lowest BCUT2D eigenvalue weighted by Crippen LogP contribution is -2.43. The fourth-order valence-corrected chi connectivity index (χ4v) is 3.11. The van der Waals surface area contributed by atoms with Gasteiger partial charge in [0.2, 0.25) is 5.91 Å². The summed E-state index contributed by atoms with van der Waals surface area (Å²) < 4.78 is 31.2. The van der Waals surface area contributed by atoms with Gasteiger partial charge in [-0.15, -0.1) is 0 Å². The molecule has 144 valence electrons. The smallest absolute Gasteiger partial charge is 0.328 e. The van der Waals surface area contributed by atoms with Crippen molar-refractivity contribution >= 4 is 22.6 Å². The molecule has 0 fully saturated rings. The molecule has 28 heavy (non-hydrogen) atoms.